The highest BCUT2D eigenvalue weighted by Crippen LogP contribution is 2.20. The highest BCUT2D eigenvalue weighted by Gasteiger charge is 2.26. The summed E-state index contributed by atoms with van der Waals surface area (Å²) < 4.78 is 0. The van der Waals surface area contributed by atoms with E-state index in [0.717, 1.165) is 16.8 Å². The average molecular weight is 409 g/mol. The molecule has 0 aromatic heterocycles. The van der Waals surface area contributed by atoms with Gasteiger partial charge in [0.05, 0.1) is 6.54 Å². The Morgan fingerprint density at radius 2 is 1.53 bits per heavy atom. The number of nitrogens with two attached hydrogens (primary N) is 1. The van der Waals surface area contributed by atoms with Crippen molar-refractivity contribution >= 4 is 29.1 Å². The van der Waals surface area contributed by atoms with Crippen LogP contribution in [0.15, 0.2) is 42.5 Å². The molecule has 2 aromatic carbocycles. The molecule has 7 nitrogen and oxygen atoms in total. The Hall–Kier alpha value is -3.19. The summed E-state index contributed by atoms with van der Waals surface area (Å²) in [5.74, 6) is -0.681. The van der Waals surface area contributed by atoms with Crippen LogP contribution in [0.2, 0.25) is 0 Å². The third kappa shape index (κ3) is 5.90. The fourth-order valence-electron chi connectivity index (χ4n) is 3.77. The molecule has 1 heterocycles. The molecule has 0 bridgehead atoms. The molecule has 0 atom stereocenters. The number of likely N-dealkylation sites (tertiary alicyclic amines) is 1. The number of anilines is 2. The maximum Gasteiger partial charge on any atom is 0.248 e. The predicted octanol–water partition coefficient (Wildman–Crippen LogP) is 2.69. The van der Waals surface area contributed by atoms with E-state index in [1.165, 1.54) is 0 Å². The minimum absolute atomic E-state index is 0.0406. The number of amides is 3. The van der Waals surface area contributed by atoms with Crippen molar-refractivity contribution in [3.05, 3.63) is 59.2 Å². The molecular formula is C23H28N4O3. The van der Waals surface area contributed by atoms with Crippen LogP contribution < -0.4 is 16.4 Å². The van der Waals surface area contributed by atoms with Crippen molar-refractivity contribution in [2.24, 2.45) is 11.7 Å². The second-order valence-corrected chi connectivity index (χ2v) is 7.91. The van der Waals surface area contributed by atoms with E-state index in [1.807, 2.05) is 26.0 Å². The second kappa shape index (κ2) is 9.54. The second-order valence-electron chi connectivity index (χ2n) is 7.91. The molecule has 0 aliphatic carbocycles. The van der Waals surface area contributed by atoms with Gasteiger partial charge in [-0.3, -0.25) is 19.3 Å². The van der Waals surface area contributed by atoms with Crippen molar-refractivity contribution < 1.29 is 14.4 Å². The molecule has 30 heavy (non-hydrogen) atoms. The van der Waals surface area contributed by atoms with Crippen LogP contribution in [0, 0.1) is 19.8 Å². The third-order valence-electron chi connectivity index (χ3n) is 5.27. The van der Waals surface area contributed by atoms with Crippen molar-refractivity contribution in [1.29, 1.82) is 0 Å². The summed E-state index contributed by atoms with van der Waals surface area (Å²) >= 11 is 0. The van der Waals surface area contributed by atoms with Gasteiger partial charge in [-0.15, -0.1) is 0 Å². The first-order chi connectivity index (χ1) is 14.3. The Morgan fingerprint density at radius 3 is 2.10 bits per heavy atom. The summed E-state index contributed by atoms with van der Waals surface area (Å²) in [6.07, 6.45) is 1.39. The Morgan fingerprint density at radius 1 is 0.933 bits per heavy atom. The van der Waals surface area contributed by atoms with Gasteiger partial charge in [-0.25, -0.2) is 0 Å². The molecule has 7 heteroatoms. The lowest BCUT2D eigenvalue weighted by Gasteiger charge is -2.30. The molecule has 1 saturated heterocycles. The molecule has 0 spiro atoms. The SMILES string of the molecule is Cc1cc(C)cc(NC(=O)CN2CCC(C(=O)Nc3ccc(C(N)=O)cc3)CC2)c1. The number of nitrogens with zero attached hydrogens (tertiary/aromatic N) is 1. The monoisotopic (exact) mass is 408 g/mol. The van der Waals surface area contributed by atoms with Crippen molar-refractivity contribution in [2.45, 2.75) is 26.7 Å². The number of nitrogens with one attached hydrogen (secondary N) is 2. The number of hydrogen-bond donors (Lipinski definition) is 3. The summed E-state index contributed by atoms with van der Waals surface area (Å²) in [6.45, 7) is 5.71. The predicted molar refractivity (Wildman–Crippen MR) is 117 cm³/mol. The van der Waals surface area contributed by atoms with Gasteiger partial charge >= 0.3 is 0 Å². The van der Waals surface area contributed by atoms with E-state index in [4.69, 9.17) is 5.73 Å². The van der Waals surface area contributed by atoms with Gasteiger partial charge in [0.15, 0.2) is 0 Å². The number of benzene rings is 2. The average Bonchev–Trinajstić information content (AvgIpc) is 2.68. The number of carbonyl (C=O) groups is 3. The van der Waals surface area contributed by atoms with Crippen molar-refractivity contribution in [3.63, 3.8) is 0 Å². The summed E-state index contributed by atoms with van der Waals surface area (Å²) in [6, 6.07) is 12.5. The number of primary amides is 1. The highest BCUT2D eigenvalue weighted by atomic mass is 16.2. The number of rotatable bonds is 6. The molecule has 2 aromatic rings. The van der Waals surface area contributed by atoms with Crippen LogP contribution in [-0.4, -0.2) is 42.3 Å². The molecular weight excluding hydrogens is 380 g/mol. The molecule has 1 fully saturated rings. The van der Waals surface area contributed by atoms with Gasteiger partial charge < -0.3 is 16.4 Å². The quantitative estimate of drug-likeness (QED) is 0.683. The molecule has 4 N–H and O–H groups in total. The van der Waals surface area contributed by atoms with Crippen LogP contribution in [-0.2, 0) is 9.59 Å². The number of piperidine rings is 1. The minimum atomic E-state index is -0.498. The molecule has 0 unspecified atom stereocenters. The summed E-state index contributed by atoms with van der Waals surface area (Å²) in [5.41, 5.74) is 9.31. The molecule has 3 amide bonds. The van der Waals surface area contributed by atoms with Crippen molar-refractivity contribution in [3.8, 4) is 0 Å². The molecule has 0 radical (unpaired) electrons. The Labute approximate surface area is 176 Å². The van der Waals surface area contributed by atoms with Crippen LogP contribution in [0.4, 0.5) is 11.4 Å². The highest BCUT2D eigenvalue weighted by molar-refractivity contribution is 5.95. The van der Waals surface area contributed by atoms with E-state index in [-0.39, 0.29) is 17.7 Å². The standard InChI is InChI=1S/C23H28N4O3/c1-15-11-16(2)13-20(12-15)25-21(28)14-27-9-7-18(8-10-27)23(30)26-19-5-3-17(4-6-19)22(24)29/h3-6,11-13,18H,7-10,14H2,1-2H3,(H2,24,29)(H,25,28)(H,26,30). The van der Waals surface area contributed by atoms with Gasteiger partial charge in [0.2, 0.25) is 17.7 Å². The van der Waals surface area contributed by atoms with E-state index in [2.05, 4.69) is 21.6 Å². The lowest BCUT2D eigenvalue weighted by atomic mass is 9.95. The third-order valence-corrected chi connectivity index (χ3v) is 5.27. The van der Waals surface area contributed by atoms with Crippen LogP contribution in [0.1, 0.15) is 34.3 Å². The van der Waals surface area contributed by atoms with Crippen LogP contribution in [0.25, 0.3) is 0 Å². The van der Waals surface area contributed by atoms with Gasteiger partial charge in [0.25, 0.3) is 0 Å². The fraction of sp³-hybridized carbons (Fsp3) is 0.348. The number of hydrogen-bond acceptors (Lipinski definition) is 4. The molecule has 0 saturated carbocycles. The van der Waals surface area contributed by atoms with Gasteiger partial charge in [-0.2, -0.15) is 0 Å². The normalized spacial score (nSPS) is 14.9. The topological polar surface area (TPSA) is 105 Å². The molecule has 1 aliphatic heterocycles. The molecule has 158 valence electrons. The van der Waals surface area contributed by atoms with Crippen molar-refractivity contribution in [1.82, 2.24) is 4.90 Å². The lowest BCUT2D eigenvalue weighted by Crippen LogP contribution is -2.41. The van der Waals surface area contributed by atoms with E-state index >= 15 is 0 Å². The van der Waals surface area contributed by atoms with E-state index < -0.39 is 5.91 Å². The largest absolute Gasteiger partial charge is 0.366 e. The van der Waals surface area contributed by atoms with E-state index in [1.54, 1.807) is 24.3 Å². The summed E-state index contributed by atoms with van der Waals surface area (Å²) in [7, 11) is 0. The lowest BCUT2D eigenvalue weighted by molar-refractivity contribution is -0.121. The smallest absolute Gasteiger partial charge is 0.248 e. The van der Waals surface area contributed by atoms with Crippen LogP contribution >= 0.6 is 0 Å². The van der Waals surface area contributed by atoms with Crippen LogP contribution in [0.5, 0.6) is 0 Å². The zero-order valence-electron chi connectivity index (χ0n) is 17.4. The number of aryl methyl sites for hydroxylation is 2. The van der Waals surface area contributed by atoms with Gasteiger partial charge in [0, 0.05) is 22.9 Å². The Bertz CT molecular complexity index is 912. The summed E-state index contributed by atoms with van der Waals surface area (Å²) in [4.78, 5) is 38.1. The first-order valence-electron chi connectivity index (χ1n) is 10.1. The maximum absolute atomic E-state index is 12.5. The van der Waals surface area contributed by atoms with E-state index in [0.29, 0.717) is 43.7 Å². The minimum Gasteiger partial charge on any atom is -0.366 e. The molecule has 1 aliphatic rings. The molecule has 3 rings (SSSR count). The van der Waals surface area contributed by atoms with Crippen LogP contribution in [0.3, 0.4) is 0 Å². The Balaban J connectivity index is 1.45. The Kier molecular flexibility index (Phi) is 6.84. The zero-order chi connectivity index (χ0) is 21.7. The number of carbonyl (C=O) groups excluding carboxylic acids is 3. The van der Waals surface area contributed by atoms with E-state index in [9.17, 15) is 14.4 Å². The fourth-order valence-corrected chi connectivity index (χ4v) is 3.77. The van der Waals surface area contributed by atoms with Crippen molar-refractivity contribution in [2.75, 3.05) is 30.3 Å². The summed E-state index contributed by atoms with van der Waals surface area (Å²) in [5, 5.41) is 5.84. The zero-order valence-corrected chi connectivity index (χ0v) is 17.4. The van der Waals surface area contributed by atoms with Gasteiger partial charge in [0.1, 0.15) is 0 Å². The van der Waals surface area contributed by atoms with Gasteiger partial charge in [-0.1, -0.05) is 6.07 Å². The first-order valence-corrected chi connectivity index (χ1v) is 10.1. The maximum atomic E-state index is 12.5. The van der Waals surface area contributed by atoms with Gasteiger partial charge in [-0.05, 0) is 87.3 Å². The first kappa shape index (κ1) is 21.5.